The summed E-state index contributed by atoms with van der Waals surface area (Å²) < 4.78 is 0.953. The van der Waals surface area contributed by atoms with E-state index in [1.807, 2.05) is 37.3 Å². The van der Waals surface area contributed by atoms with Gasteiger partial charge in [-0.1, -0.05) is 45.7 Å². The molecule has 0 heterocycles. The number of nitrogens with zero attached hydrogens (tertiary/aromatic N) is 1. The Morgan fingerprint density at radius 1 is 1.30 bits per heavy atom. The molecule has 0 aliphatic rings. The first kappa shape index (κ1) is 14.8. The number of benzene rings is 2. The average molecular weight is 352 g/mol. The predicted octanol–water partition coefficient (Wildman–Crippen LogP) is 4.17. The van der Waals surface area contributed by atoms with E-state index >= 15 is 0 Å². The highest BCUT2D eigenvalue weighted by Gasteiger charge is 2.08. The molecule has 0 aromatic heterocycles. The first-order valence-electron chi connectivity index (χ1n) is 5.91. The van der Waals surface area contributed by atoms with Crippen molar-refractivity contribution in [3.8, 4) is 0 Å². The molecule has 0 aliphatic carbocycles. The molecule has 2 aromatic rings. The molecule has 5 heteroatoms. The standard InChI is InChI=1S/C15H12BrClN2O/c1-10-5-6-13(14(17)7-10)15(20)19-18-9-11-3-2-4-12(16)8-11/h2-9H,1H3,(H,19,20)/b18-9-. The Labute approximate surface area is 130 Å². The van der Waals surface area contributed by atoms with Crippen LogP contribution in [0.25, 0.3) is 0 Å². The van der Waals surface area contributed by atoms with E-state index in [2.05, 4.69) is 26.5 Å². The van der Waals surface area contributed by atoms with Gasteiger partial charge in [-0.15, -0.1) is 0 Å². The van der Waals surface area contributed by atoms with Crippen LogP contribution in [0.1, 0.15) is 21.5 Å². The van der Waals surface area contributed by atoms with Gasteiger partial charge in [-0.25, -0.2) is 5.43 Å². The van der Waals surface area contributed by atoms with Crippen LogP contribution in [0, 0.1) is 6.92 Å². The van der Waals surface area contributed by atoms with Gasteiger partial charge >= 0.3 is 0 Å². The largest absolute Gasteiger partial charge is 0.272 e. The van der Waals surface area contributed by atoms with Crippen molar-refractivity contribution in [2.75, 3.05) is 0 Å². The number of aryl methyl sites for hydroxylation is 1. The molecule has 0 saturated heterocycles. The van der Waals surface area contributed by atoms with Crippen LogP contribution in [0.3, 0.4) is 0 Å². The third-order valence-corrected chi connectivity index (χ3v) is 3.40. The maximum absolute atomic E-state index is 11.9. The fourth-order valence-corrected chi connectivity index (χ4v) is 2.35. The van der Waals surface area contributed by atoms with Gasteiger partial charge in [-0.3, -0.25) is 4.79 Å². The van der Waals surface area contributed by atoms with E-state index in [1.165, 1.54) is 0 Å². The van der Waals surface area contributed by atoms with Crippen LogP contribution in [0.15, 0.2) is 52.0 Å². The zero-order valence-corrected chi connectivity index (χ0v) is 13.1. The molecule has 0 fully saturated rings. The van der Waals surface area contributed by atoms with Gasteiger partial charge in [0.05, 0.1) is 16.8 Å². The van der Waals surface area contributed by atoms with Gasteiger partial charge in [0.2, 0.25) is 0 Å². The Morgan fingerprint density at radius 2 is 2.10 bits per heavy atom. The van der Waals surface area contributed by atoms with E-state index in [0.717, 1.165) is 15.6 Å². The Balaban J connectivity index is 2.05. The quantitative estimate of drug-likeness (QED) is 0.654. The zero-order valence-electron chi connectivity index (χ0n) is 10.7. The van der Waals surface area contributed by atoms with Crippen molar-refractivity contribution in [1.82, 2.24) is 5.43 Å². The Bertz CT molecular complexity index is 671. The number of nitrogens with one attached hydrogen (secondary N) is 1. The molecule has 2 rings (SSSR count). The van der Waals surface area contributed by atoms with Crippen LogP contribution in [-0.4, -0.2) is 12.1 Å². The lowest BCUT2D eigenvalue weighted by atomic mass is 10.1. The third kappa shape index (κ3) is 3.92. The van der Waals surface area contributed by atoms with Gasteiger partial charge in [-0.2, -0.15) is 5.10 Å². The van der Waals surface area contributed by atoms with Gasteiger partial charge in [0, 0.05) is 4.47 Å². The van der Waals surface area contributed by atoms with Crippen LogP contribution in [-0.2, 0) is 0 Å². The maximum atomic E-state index is 11.9. The molecule has 0 radical (unpaired) electrons. The number of hydrazone groups is 1. The van der Waals surface area contributed by atoms with Crippen LogP contribution < -0.4 is 5.43 Å². The fourth-order valence-electron chi connectivity index (χ4n) is 1.62. The first-order chi connectivity index (χ1) is 9.56. The van der Waals surface area contributed by atoms with Gasteiger partial charge in [0.1, 0.15) is 0 Å². The molecule has 0 spiro atoms. The van der Waals surface area contributed by atoms with Crippen LogP contribution in [0.2, 0.25) is 5.02 Å². The molecule has 3 nitrogen and oxygen atoms in total. The van der Waals surface area contributed by atoms with Crippen molar-refractivity contribution >= 4 is 39.7 Å². The number of hydrogen-bond acceptors (Lipinski definition) is 2. The first-order valence-corrected chi connectivity index (χ1v) is 7.08. The molecule has 2 aromatic carbocycles. The maximum Gasteiger partial charge on any atom is 0.272 e. The predicted molar refractivity (Wildman–Crippen MR) is 85.4 cm³/mol. The Morgan fingerprint density at radius 3 is 2.80 bits per heavy atom. The minimum Gasteiger partial charge on any atom is -0.267 e. The van der Waals surface area contributed by atoms with E-state index in [9.17, 15) is 4.79 Å². The molecule has 0 atom stereocenters. The summed E-state index contributed by atoms with van der Waals surface area (Å²) in [6, 6.07) is 12.9. The second-order valence-corrected chi connectivity index (χ2v) is 5.56. The lowest BCUT2D eigenvalue weighted by Crippen LogP contribution is -2.18. The van der Waals surface area contributed by atoms with E-state index in [1.54, 1.807) is 18.3 Å². The van der Waals surface area contributed by atoms with E-state index in [4.69, 9.17) is 11.6 Å². The number of rotatable bonds is 3. The Kier molecular flexibility index (Phi) is 4.93. The van der Waals surface area contributed by atoms with Crippen LogP contribution in [0.4, 0.5) is 0 Å². The molecule has 102 valence electrons. The van der Waals surface area contributed by atoms with Gasteiger partial charge in [0.15, 0.2) is 0 Å². The van der Waals surface area contributed by atoms with Crippen molar-refractivity contribution in [3.63, 3.8) is 0 Å². The Hall–Kier alpha value is -1.65. The number of halogens is 2. The summed E-state index contributed by atoms with van der Waals surface area (Å²) in [6.45, 7) is 1.92. The smallest absolute Gasteiger partial charge is 0.267 e. The second-order valence-electron chi connectivity index (χ2n) is 4.24. The lowest BCUT2D eigenvalue weighted by molar-refractivity contribution is 0.0955. The number of hydrogen-bond donors (Lipinski definition) is 1. The summed E-state index contributed by atoms with van der Waals surface area (Å²) >= 11 is 9.39. The number of carbonyl (C=O) groups excluding carboxylic acids is 1. The van der Waals surface area contributed by atoms with Gasteiger partial charge in [0.25, 0.3) is 5.91 Å². The number of amides is 1. The van der Waals surface area contributed by atoms with Gasteiger partial charge < -0.3 is 0 Å². The topological polar surface area (TPSA) is 41.5 Å². The molecule has 0 aliphatic heterocycles. The van der Waals surface area contributed by atoms with E-state index < -0.39 is 0 Å². The SMILES string of the molecule is Cc1ccc(C(=O)N/N=C\c2cccc(Br)c2)c(Cl)c1. The van der Waals surface area contributed by atoms with Crippen molar-refractivity contribution in [3.05, 3.63) is 68.7 Å². The van der Waals surface area contributed by atoms with E-state index in [0.29, 0.717) is 10.6 Å². The van der Waals surface area contributed by atoms with Crippen molar-refractivity contribution in [2.45, 2.75) is 6.92 Å². The summed E-state index contributed by atoms with van der Waals surface area (Å²) in [7, 11) is 0. The summed E-state index contributed by atoms with van der Waals surface area (Å²) in [4.78, 5) is 11.9. The molecular weight excluding hydrogens is 340 g/mol. The molecule has 0 bridgehead atoms. The van der Waals surface area contributed by atoms with Crippen LogP contribution >= 0.6 is 27.5 Å². The molecule has 0 saturated carbocycles. The highest BCUT2D eigenvalue weighted by atomic mass is 79.9. The van der Waals surface area contributed by atoms with E-state index in [-0.39, 0.29) is 5.91 Å². The second kappa shape index (κ2) is 6.68. The normalized spacial score (nSPS) is 10.8. The fraction of sp³-hybridized carbons (Fsp3) is 0.0667. The minimum atomic E-state index is -0.332. The molecule has 1 N–H and O–H groups in total. The third-order valence-electron chi connectivity index (χ3n) is 2.60. The molecular formula is C15H12BrClN2O. The molecule has 20 heavy (non-hydrogen) atoms. The highest BCUT2D eigenvalue weighted by molar-refractivity contribution is 9.10. The molecule has 0 unspecified atom stereocenters. The average Bonchev–Trinajstić information content (AvgIpc) is 2.38. The number of carbonyl (C=O) groups is 1. The highest BCUT2D eigenvalue weighted by Crippen LogP contribution is 2.17. The van der Waals surface area contributed by atoms with Crippen molar-refractivity contribution in [2.24, 2.45) is 5.10 Å². The summed E-state index contributed by atoms with van der Waals surface area (Å²) in [6.07, 6.45) is 1.57. The molecule has 1 amide bonds. The van der Waals surface area contributed by atoms with Crippen LogP contribution in [0.5, 0.6) is 0 Å². The minimum absolute atomic E-state index is 0.332. The lowest BCUT2D eigenvalue weighted by Gasteiger charge is -2.03. The summed E-state index contributed by atoms with van der Waals surface area (Å²) in [5.74, 6) is -0.332. The monoisotopic (exact) mass is 350 g/mol. The zero-order chi connectivity index (χ0) is 14.5. The van der Waals surface area contributed by atoms with Crippen molar-refractivity contribution < 1.29 is 4.79 Å². The summed E-state index contributed by atoms with van der Waals surface area (Å²) in [5.41, 5.74) is 4.75. The summed E-state index contributed by atoms with van der Waals surface area (Å²) in [5, 5.41) is 4.34. The van der Waals surface area contributed by atoms with Gasteiger partial charge in [-0.05, 0) is 42.3 Å². The van der Waals surface area contributed by atoms with Crippen molar-refractivity contribution in [1.29, 1.82) is 0 Å².